The van der Waals surface area contributed by atoms with Crippen LogP contribution in [0, 0.1) is 0 Å². The van der Waals surface area contributed by atoms with E-state index in [4.69, 9.17) is 0 Å². The Morgan fingerprint density at radius 2 is 0.936 bits per heavy atom. The highest BCUT2D eigenvalue weighted by molar-refractivity contribution is 6.12. The predicted molar refractivity (Wildman–Crippen MR) is 191 cm³/mol. The Balaban J connectivity index is 1.28. The van der Waals surface area contributed by atoms with Crippen LogP contribution in [0.5, 0.6) is 0 Å². The summed E-state index contributed by atoms with van der Waals surface area (Å²) in [5.74, 6) is 0. The van der Waals surface area contributed by atoms with Crippen molar-refractivity contribution >= 4 is 32.6 Å². The van der Waals surface area contributed by atoms with Crippen LogP contribution in [0.2, 0.25) is 0 Å². The van der Waals surface area contributed by atoms with Gasteiger partial charge in [-0.1, -0.05) is 60.7 Å². The second-order valence-electron chi connectivity index (χ2n) is 11.6. The highest BCUT2D eigenvalue weighted by atomic mass is 15.0. The number of nitrogens with zero attached hydrogens (tertiary/aromatic N) is 5. The molecule has 0 amide bonds. The lowest BCUT2D eigenvalue weighted by Crippen LogP contribution is -1.96. The number of hydrogen-bond acceptors (Lipinski definition) is 4. The van der Waals surface area contributed by atoms with Crippen molar-refractivity contribution in [3.05, 3.63) is 165 Å². The molecule has 5 nitrogen and oxygen atoms in total. The first-order valence-electron chi connectivity index (χ1n) is 15.6. The maximum absolute atomic E-state index is 4.64. The van der Waals surface area contributed by atoms with Gasteiger partial charge in [-0.15, -0.1) is 0 Å². The average Bonchev–Trinajstić information content (AvgIpc) is 3.48. The van der Waals surface area contributed by atoms with Gasteiger partial charge in [0.2, 0.25) is 0 Å². The molecular formula is C42H27N5. The van der Waals surface area contributed by atoms with Crippen molar-refractivity contribution in [1.29, 1.82) is 0 Å². The first-order chi connectivity index (χ1) is 23.3. The lowest BCUT2D eigenvalue weighted by Gasteiger charge is -2.13. The summed E-state index contributed by atoms with van der Waals surface area (Å²) in [7, 11) is 0. The molecule has 0 saturated heterocycles. The first kappa shape index (κ1) is 26.9. The first-order valence-corrected chi connectivity index (χ1v) is 15.6. The number of hydrogen-bond donors (Lipinski definition) is 0. The zero-order valence-electron chi connectivity index (χ0n) is 25.3. The minimum absolute atomic E-state index is 0.901. The van der Waals surface area contributed by atoms with Gasteiger partial charge in [0.15, 0.2) is 0 Å². The normalized spacial score (nSPS) is 11.4. The largest absolute Gasteiger partial charge is 0.309 e. The number of aromatic nitrogens is 5. The monoisotopic (exact) mass is 601 g/mol. The van der Waals surface area contributed by atoms with Crippen molar-refractivity contribution in [2.45, 2.75) is 0 Å². The molecule has 0 aliphatic rings. The third-order valence-electron chi connectivity index (χ3n) is 8.88. The van der Waals surface area contributed by atoms with Gasteiger partial charge in [0.1, 0.15) is 0 Å². The molecule has 5 heteroatoms. The second kappa shape index (κ2) is 11.2. The molecule has 9 rings (SSSR count). The summed E-state index contributed by atoms with van der Waals surface area (Å²) in [4.78, 5) is 17.9. The van der Waals surface area contributed by atoms with E-state index in [-0.39, 0.29) is 0 Å². The number of pyridine rings is 4. The molecule has 9 aromatic rings. The highest BCUT2D eigenvalue weighted by Crippen LogP contribution is 2.39. The van der Waals surface area contributed by atoms with Gasteiger partial charge in [0.05, 0.1) is 28.1 Å². The van der Waals surface area contributed by atoms with Crippen molar-refractivity contribution in [3.63, 3.8) is 0 Å². The molecule has 0 spiro atoms. The van der Waals surface area contributed by atoms with Gasteiger partial charge in [0, 0.05) is 64.5 Å². The molecule has 47 heavy (non-hydrogen) atoms. The predicted octanol–water partition coefficient (Wildman–Crippen LogP) is 10.2. The third-order valence-corrected chi connectivity index (χ3v) is 8.88. The van der Waals surface area contributed by atoms with Crippen LogP contribution in [0.4, 0.5) is 0 Å². The molecule has 0 aliphatic carbocycles. The third kappa shape index (κ3) is 4.73. The maximum Gasteiger partial charge on any atom is 0.0723 e. The Labute approximate surface area is 271 Å². The number of rotatable bonds is 5. The van der Waals surface area contributed by atoms with Gasteiger partial charge >= 0.3 is 0 Å². The van der Waals surface area contributed by atoms with Crippen LogP contribution in [0.1, 0.15) is 0 Å². The van der Waals surface area contributed by atoms with E-state index >= 15 is 0 Å². The van der Waals surface area contributed by atoms with E-state index in [9.17, 15) is 0 Å². The van der Waals surface area contributed by atoms with E-state index < -0.39 is 0 Å². The van der Waals surface area contributed by atoms with Gasteiger partial charge in [-0.3, -0.25) is 19.9 Å². The van der Waals surface area contributed by atoms with E-state index in [0.717, 1.165) is 61.5 Å². The lowest BCUT2D eigenvalue weighted by atomic mass is 10.0. The Kier molecular flexibility index (Phi) is 6.39. The van der Waals surface area contributed by atoms with Crippen LogP contribution in [0.25, 0.3) is 83.0 Å². The van der Waals surface area contributed by atoms with E-state index in [1.807, 2.05) is 49.1 Å². The van der Waals surface area contributed by atoms with Crippen LogP contribution in [-0.4, -0.2) is 24.5 Å². The van der Waals surface area contributed by atoms with E-state index in [2.05, 4.69) is 128 Å². The summed E-state index contributed by atoms with van der Waals surface area (Å²) in [6.45, 7) is 0. The molecule has 0 atom stereocenters. The molecule has 0 bridgehead atoms. The molecule has 0 N–H and O–H groups in total. The van der Waals surface area contributed by atoms with Crippen molar-refractivity contribution in [1.82, 2.24) is 24.5 Å². The van der Waals surface area contributed by atoms with Crippen LogP contribution < -0.4 is 0 Å². The molecule has 220 valence electrons. The quantitative estimate of drug-likeness (QED) is 0.197. The summed E-state index contributed by atoms with van der Waals surface area (Å²) in [5, 5.41) is 4.82. The van der Waals surface area contributed by atoms with Gasteiger partial charge in [0.25, 0.3) is 0 Å². The molecule has 0 aliphatic heterocycles. The van der Waals surface area contributed by atoms with Crippen LogP contribution >= 0.6 is 0 Å². The van der Waals surface area contributed by atoms with Crippen molar-refractivity contribution in [3.8, 4) is 50.5 Å². The van der Waals surface area contributed by atoms with Crippen LogP contribution in [0.15, 0.2) is 165 Å². The fourth-order valence-electron chi connectivity index (χ4n) is 6.61. The number of fused-ring (bicyclic) bond motifs is 4. The Morgan fingerprint density at radius 3 is 1.51 bits per heavy atom. The summed E-state index contributed by atoms with van der Waals surface area (Å²) in [5.41, 5.74) is 11.7. The van der Waals surface area contributed by atoms with Gasteiger partial charge in [-0.25, -0.2) is 0 Å². The summed E-state index contributed by atoms with van der Waals surface area (Å²) in [6.07, 6.45) is 11.0. The van der Waals surface area contributed by atoms with Crippen molar-refractivity contribution in [2.24, 2.45) is 0 Å². The van der Waals surface area contributed by atoms with Crippen LogP contribution in [-0.2, 0) is 0 Å². The zero-order chi connectivity index (χ0) is 31.2. The van der Waals surface area contributed by atoms with Crippen molar-refractivity contribution < 1.29 is 0 Å². The smallest absolute Gasteiger partial charge is 0.0723 e. The molecule has 0 saturated carbocycles. The number of benzene rings is 4. The second-order valence-corrected chi connectivity index (χ2v) is 11.6. The van der Waals surface area contributed by atoms with E-state index in [1.165, 1.54) is 21.5 Å². The van der Waals surface area contributed by atoms with Crippen molar-refractivity contribution in [2.75, 3.05) is 0 Å². The van der Waals surface area contributed by atoms with Gasteiger partial charge in [-0.2, -0.15) is 0 Å². The Morgan fingerprint density at radius 1 is 0.383 bits per heavy atom. The molecule has 0 fully saturated rings. The molecule has 4 aromatic carbocycles. The highest BCUT2D eigenvalue weighted by Gasteiger charge is 2.17. The van der Waals surface area contributed by atoms with Crippen LogP contribution in [0.3, 0.4) is 0 Å². The fraction of sp³-hybridized carbons (Fsp3) is 0. The maximum atomic E-state index is 4.64. The standard InChI is InChI=1S/C42H27N5/c1-2-10-35-28(6-1)7-3-11-40(35)47-41-24-29(31-16-20-45-38(22-31)33-8-4-18-43-26-33)12-14-36(41)37-15-13-30(25-42(37)47)32-17-21-46-39(23-32)34-9-5-19-44-27-34/h1-27H. The van der Waals surface area contributed by atoms with Gasteiger partial charge < -0.3 is 4.57 Å². The molecular weight excluding hydrogens is 574 g/mol. The SMILES string of the molecule is c1cncc(-c2cc(-c3ccc4c5ccc(-c6ccnc(-c7cccnc7)c6)cc5n(-c5cccc6ccccc56)c4c3)ccn2)c1. The Hall–Kier alpha value is -6.46. The summed E-state index contributed by atoms with van der Waals surface area (Å²) < 4.78 is 2.42. The minimum atomic E-state index is 0.901. The molecule has 0 radical (unpaired) electrons. The minimum Gasteiger partial charge on any atom is -0.309 e. The summed E-state index contributed by atoms with van der Waals surface area (Å²) >= 11 is 0. The molecule has 0 unspecified atom stereocenters. The average molecular weight is 602 g/mol. The molecule has 5 heterocycles. The van der Waals surface area contributed by atoms with E-state index in [1.54, 1.807) is 12.4 Å². The zero-order valence-corrected chi connectivity index (χ0v) is 25.3. The van der Waals surface area contributed by atoms with E-state index in [0.29, 0.717) is 0 Å². The summed E-state index contributed by atoms with van der Waals surface area (Å²) in [6, 6.07) is 45.1. The lowest BCUT2D eigenvalue weighted by molar-refractivity contribution is 1.20. The fourth-order valence-corrected chi connectivity index (χ4v) is 6.61. The van der Waals surface area contributed by atoms with Gasteiger partial charge in [-0.05, 0) is 94.4 Å². The topological polar surface area (TPSA) is 56.5 Å². The molecule has 5 aromatic heterocycles. The Bertz CT molecular complexity index is 2430.